The number of benzene rings is 1. The van der Waals surface area contributed by atoms with Crippen molar-refractivity contribution in [3.8, 4) is 0 Å². The van der Waals surface area contributed by atoms with Crippen molar-refractivity contribution in [2.75, 3.05) is 34.2 Å². The predicted octanol–water partition coefficient (Wildman–Crippen LogP) is 2.82. The van der Waals surface area contributed by atoms with Crippen molar-refractivity contribution >= 4 is 5.96 Å². The zero-order chi connectivity index (χ0) is 20.7. The van der Waals surface area contributed by atoms with Crippen LogP contribution in [0.25, 0.3) is 0 Å². The van der Waals surface area contributed by atoms with Gasteiger partial charge in [0.1, 0.15) is 5.82 Å². The second-order valence-corrected chi connectivity index (χ2v) is 7.56. The summed E-state index contributed by atoms with van der Waals surface area (Å²) in [6.45, 7) is 7.50. The van der Waals surface area contributed by atoms with Gasteiger partial charge in [0.05, 0.1) is 5.69 Å². The minimum atomic E-state index is -0.200. The largest absolute Gasteiger partial charge is 0.355 e. The maximum atomic E-state index is 13.0. The van der Waals surface area contributed by atoms with E-state index in [4.69, 9.17) is 0 Å². The number of nitrogens with zero attached hydrogens (tertiary/aromatic N) is 5. The van der Waals surface area contributed by atoms with Gasteiger partial charge in [-0.2, -0.15) is 5.10 Å². The third-order valence-electron chi connectivity index (χ3n) is 4.61. The van der Waals surface area contributed by atoms with E-state index >= 15 is 0 Å². The van der Waals surface area contributed by atoms with Gasteiger partial charge in [0.2, 0.25) is 0 Å². The van der Waals surface area contributed by atoms with Gasteiger partial charge in [-0.3, -0.25) is 9.67 Å². The highest BCUT2D eigenvalue weighted by Crippen LogP contribution is 2.18. The Hall–Kier alpha value is -2.41. The Morgan fingerprint density at radius 3 is 2.50 bits per heavy atom. The molecule has 0 aliphatic heterocycles. The molecule has 0 amide bonds. The summed E-state index contributed by atoms with van der Waals surface area (Å²) < 4.78 is 14.9. The normalized spacial score (nSPS) is 12.1. The topological polar surface area (TPSA) is 48.7 Å². The van der Waals surface area contributed by atoms with E-state index in [-0.39, 0.29) is 5.82 Å². The van der Waals surface area contributed by atoms with Crippen molar-refractivity contribution in [3.05, 3.63) is 53.1 Å². The Morgan fingerprint density at radius 2 is 1.89 bits per heavy atom. The highest BCUT2D eigenvalue weighted by Gasteiger charge is 2.15. The minimum absolute atomic E-state index is 0.200. The maximum Gasteiger partial charge on any atom is 0.193 e. The average Bonchev–Trinajstić information content (AvgIpc) is 3.01. The van der Waals surface area contributed by atoms with E-state index in [1.807, 2.05) is 30.9 Å². The Bertz CT molecular complexity index is 766. The summed E-state index contributed by atoms with van der Waals surface area (Å²) in [6.07, 6.45) is 2.08. The first-order valence-corrected chi connectivity index (χ1v) is 9.67. The molecular formula is C21H33FN6. The number of nitrogens with one attached hydrogen (secondary N) is 1. The van der Waals surface area contributed by atoms with Crippen LogP contribution in [0.4, 0.5) is 4.39 Å². The zero-order valence-electron chi connectivity index (χ0n) is 17.9. The molecule has 0 saturated heterocycles. The number of hydrogen-bond donors (Lipinski definition) is 1. The lowest BCUT2D eigenvalue weighted by Crippen LogP contribution is -2.41. The second kappa shape index (κ2) is 10.2. The Morgan fingerprint density at radius 1 is 1.21 bits per heavy atom. The van der Waals surface area contributed by atoms with Gasteiger partial charge < -0.3 is 15.1 Å². The molecular weight excluding hydrogens is 355 g/mol. The monoisotopic (exact) mass is 388 g/mol. The lowest BCUT2D eigenvalue weighted by Gasteiger charge is -2.24. The molecule has 0 spiro atoms. The molecule has 1 aromatic carbocycles. The molecule has 0 unspecified atom stereocenters. The third-order valence-corrected chi connectivity index (χ3v) is 4.61. The molecule has 7 heteroatoms. The average molecular weight is 389 g/mol. The van der Waals surface area contributed by atoms with Crippen molar-refractivity contribution in [1.82, 2.24) is 24.9 Å². The molecule has 0 atom stereocenters. The Balaban J connectivity index is 1.84. The first kappa shape index (κ1) is 21.9. The lowest BCUT2D eigenvalue weighted by molar-refractivity contribution is 0.328. The smallest absolute Gasteiger partial charge is 0.193 e. The van der Waals surface area contributed by atoms with Crippen molar-refractivity contribution in [2.45, 2.75) is 32.9 Å². The molecule has 1 heterocycles. The van der Waals surface area contributed by atoms with Crippen LogP contribution >= 0.6 is 0 Å². The van der Waals surface area contributed by atoms with E-state index in [0.717, 1.165) is 43.4 Å². The van der Waals surface area contributed by atoms with Crippen LogP contribution in [0.1, 0.15) is 36.6 Å². The number of hydrogen-bond acceptors (Lipinski definition) is 3. The third kappa shape index (κ3) is 6.34. The highest BCUT2D eigenvalue weighted by atomic mass is 19.1. The summed E-state index contributed by atoms with van der Waals surface area (Å²) in [5.41, 5.74) is 3.45. The van der Waals surface area contributed by atoms with Gasteiger partial charge in [0.15, 0.2) is 5.96 Å². The minimum Gasteiger partial charge on any atom is -0.355 e. The van der Waals surface area contributed by atoms with Crippen molar-refractivity contribution in [3.63, 3.8) is 0 Å². The maximum absolute atomic E-state index is 13.0. The quantitative estimate of drug-likeness (QED) is 0.558. The van der Waals surface area contributed by atoms with Crippen molar-refractivity contribution < 1.29 is 4.39 Å². The van der Waals surface area contributed by atoms with Gasteiger partial charge in [-0.05, 0) is 30.7 Å². The van der Waals surface area contributed by atoms with Crippen molar-refractivity contribution in [1.29, 1.82) is 0 Å². The Labute approximate surface area is 168 Å². The number of aryl methyl sites for hydroxylation is 1. The molecule has 0 fully saturated rings. The zero-order valence-corrected chi connectivity index (χ0v) is 17.9. The molecule has 1 aromatic heterocycles. The predicted molar refractivity (Wildman–Crippen MR) is 113 cm³/mol. The van der Waals surface area contributed by atoms with Crippen LogP contribution in [-0.4, -0.2) is 59.8 Å². The molecule has 2 rings (SSSR count). The van der Waals surface area contributed by atoms with Crippen LogP contribution in [0.5, 0.6) is 0 Å². The van der Waals surface area contributed by atoms with E-state index in [1.54, 1.807) is 7.05 Å². The van der Waals surface area contributed by atoms with E-state index in [2.05, 4.69) is 52.3 Å². The van der Waals surface area contributed by atoms with Gasteiger partial charge in [-0.15, -0.1) is 0 Å². The van der Waals surface area contributed by atoms with Crippen LogP contribution in [0.3, 0.4) is 0 Å². The molecule has 0 radical (unpaired) electrons. The standard InChI is InChI=1S/C21H33FN6/c1-16(2)20-18(15-28(6)25-20)14-27(5)21(23-3)24-11-12-26(4)13-17-7-9-19(22)10-8-17/h7-10,15-16H,11-14H2,1-6H3,(H,23,24). The molecule has 0 bridgehead atoms. The number of likely N-dealkylation sites (N-methyl/N-ethyl adjacent to an activating group) is 1. The second-order valence-electron chi connectivity index (χ2n) is 7.56. The first-order chi connectivity index (χ1) is 13.3. The number of rotatable bonds is 8. The lowest BCUT2D eigenvalue weighted by atomic mass is 10.1. The van der Waals surface area contributed by atoms with Gasteiger partial charge in [0, 0.05) is 59.1 Å². The fourth-order valence-electron chi connectivity index (χ4n) is 3.22. The van der Waals surface area contributed by atoms with E-state index < -0.39 is 0 Å². The molecule has 0 aliphatic rings. The van der Waals surface area contributed by atoms with E-state index in [1.165, 1.54) is 17.7 Å². The number of aromatic nitrogens is 2. The summed E-state index contributed by atoms with van der Waals surface area (Å²) in [4.78, 5) is 8.71. The number of aliphatic imine (C=N–C) groups is 1. The molecule has 2 aromatic rings. The summed E-state index contributed by atoms with van der Waals surface area (Å²) >= 11 is 0. The molecule has 154 valence electrons. The molecule has 0 saturated carbocycles. The van der Waals surface area contributed by atoms with Crippen LogP contribution in [-0.2, 0) is 20.1 Å². The van der Waals surface area contributed by atoms with Gasteiger partial charge in [-0.25, -0.2) is 4.39 Å². The Kier molecular flexibility index (Phi) is 7.99. The van der Waals surface area contributed by atoms with Crippen LogP contribution in [0, 0.1) is 5.82 Å². The molecule has 1 N–H and O–H groups in total. The number of halogens is 1. The highest BCUT2D eigenvalue weighted by molar-refractivity contribution is 5.79. The first-order valence-electron chi connectivity index (χ1n) is 9.67. The molecule has 6 nitrogen and oxygen atoms in total. The summed E-state index contributed by atoms with van der Waals surface area (Å²) in [5.74, 6) is 1.04. The molecule has 28 heavy (non-hydrogen) atoms. The van der Waals surface area contributed by atoms with Gasteiger partial charge in [0.25, 0.3) is 0 Å². The SMILES string of the molecule is CN=C(NCCN(C)Cc1ccc(F)cc1)N(C)Cc1cn(C)nc1C(C)C. The van der Waals surface area contributed by atoms with E-state index in [0.29, 0.717) is 5.92 Å². The van der Waals surface area contributed by atoms with Crippen LogP contribution in [0.2, 0.25) is 0 Å². The summed E-state index contributed by atoms with van der Waals surface area (Å²) in [7, 11) is 7.85. The van der Waals surface area contributed by atoms with Gasteiger partial charge >= 0.3 is 0 Å². The summed E-state index contributed by atoms with van der Waals surface area (Å²) in [5, 5.41) is 8.00. The fraction of sp³-hybridized carbons (Fsp3) is 0.524. The van der Waals surface area contributed by atoms with Crippen molar-refractivity contribution in [2.24, 2.45) is 12.0 Å². The van der Waals surface area contributed by atoms with Crippen LogP contribution < -0.4 is 5.32 Å². The van der Waals surface area contributed by atoms with Gasteiger partial charge in [-0.1, -0.05) is 26.0 Å². The van der Waals surface area contributed by atoms with E-state index in [9.17, 15) is 4.39 Å². The summed E-state index contributed by atoms with van der Waals surface area (Å²) in [6, 6.07) is 6.66. The fourth-order valence-corrected chi connectivity index (χ4v) is 3.22. The molecule has 0 aliphatic carbocycles. The van der Waals surface area contributed by atoms with Crippen LogP contribution in [0.15, 0.2) is 35.5 Å². The number of guanidine groups is 1.